The van der Waals surface area contributed by atoms with Crippen LogP contribution in [0.5, 0.6) is 5.75 Å². The van der Waals surface area contributed by atoms with Crippen LogP contribution in [0.1, 0.15) is 22.5 Å². The molecule has 0 saturated heterocycles. The molecule has 1 heterocycles. The summed E-state index contributed by atoms with van der Waals surface area (Å²) >= 11 is 0. The molecule has 128 valence electrons. The van der Waals surface area contributed by atoms with Gasteiger partial charge in [0.1, 0.15) is 11.4 Å². The second kappa shape index (κ2) is 8.15. The van der Waals surface area contributed by atoms with E-state index in [9.17, 15) is 4.79 Å². The first-order chi connectivity index (χ1) is 12.2. The summed E-state index contributed by atoms with van der Waals surface area (Å²) in [6.07, 6.45) is 0.735. The lowest BCUT2D eigenvalue weighted by Gasteiger charge is -2.07. The summed E-state index contributed by atoms with van der Waals surface area (Å²) in [4.78, 5) is 12.1. The van der Waals surface area contributed by atoms with Crippen LogP contribution in [-0.4, -0.2) is 29.3 Å². The first kappa shape index (κ1) is 16.8. The maximum Gasteiger partial charge on any atom is 0.269 e. The number of aromatic amines is 1. The Balaban J connectivity index is 1.43. The Morgan fingerprint density at radius 1 is 1.12 bits per heavy atom. The number of nitrogens with one attached hydrogen (secondary N) is 2. The molecule has 2 aromatic carbocycles. The zero-order valence-corrected chi connectivity index (χ0v) is 14.2. The molecule has 1 aromatic heterocycles. The average molecular weight is 335 g/mol. The second-order valence-electron chi connectivity index (χ2n) is 5.81. The van der Waals surface area contributed by atoms with Crippen molar-refractivity contribution in [3.05, 3.63) is 71.9 Å². The van der Waals surface area contributed by atoms with E-state index in [1.807, 2.05) is 61.5 Å². The van der Waals surface area contributed by atoms with Crippen molar-refractivity contribution >= 4 is 5.91 Å². The topological polar surface area (TPSA) is 67.0 Å². The van der Waals surface area contributed by atoms with E-state index >= 15 is 0 Å². The summed E-state index contributed by atoms with van der Waals surface area (Å²) in [7, 11) is 0. The molecule has 3 aromatic rings. The van der Waals surface area contributed by atoms with Crippen molar-refractivity contribution < 1.29 is 9.53 Å². The molecule has 0 fully saturated rings. The highest BCUT2D eigenvalue weighted by Crippen LogP contribution is 2.16. The average Bonchev–Trinajstić information content (AvgIpc) is 3.12. The van der Waals surface area contributed by atoms with Crippen LogP contribution in [0.3, 0.4) is 0 Å². The SMILES string of the molecule is Cc1cccc(OCCCNC(=O)c2cc(-c3ccccc3)n[nH]2)c1. The van der Waals surface area contributed by atoms with E-state index in [0.29, 0.717) is 18.8 Å². The van der Waals surface area contributed by atoms with Gasteiger partial charge in [-0.3, -0.25) is 9.89 Å². The number of carbonyl (C=O) groups is 1. The number of ether oxygens (including phenoxy) is 1. The Labute approximate surface area is 147 Å². The predicted octanol–water partition coefficient (Wildman–Crippen LogP) is 3.58. The molecule has 0 spiro atoms. The molecule has 2 N–H and O–H groups in total. The third kappa shape index (κ3) is 4.70. The highest BCUT2D eigenvalue weighted by molar-refractivity contribution is 5.93. The normalized spacial score (nSPS) is 10.4. The van der Waals surface area contributed by atoms with Gasteiger partial charge in [0.2, 0.25) is 0 Å². The minimum atomic E-state index is -0.162. The van der Waals surface area contributed by atoms with Crippen LogP contribution in [-0.2, 0) is 0 Å². The number of rotatable bonds is 7. The fourth-order valence-electron chi connectivity index (χ4n) is 2.46. The summed E-state index contributed by atoms with van der Waals surface area (Å²) in [5.41, 5.74) is 3.36. The molecule has 0 saturated carbocycles. The molecule has 0 atom stereocenters. The van der Waals surface area contributed by atoms with Crippen molar-refractivity contribution in [3.8, 4) is 17.0 Å². The number of carbonyl (C=O) groups excluding carboxylic acids is 1. The number of aromatic nitrogens is 2. The minimum absolute atomic E-state index is 0.162. The Kier molecular flexibility index (Phi) is 5.46. The van der Waals surface area contributed by atoms with Crippen molar-refractivity contribution in [1.29, 1.82) is 0 Å². The van der Waals surface area contributed by atoms with Gasteiger partial charge in [0.25, 0.3) is 5.91 Å². The Morgan fingerprint density at radius 2 is 1.96 bits per heavy atom. The van der Waals surface area contributed by atoms with Gasteiger partial charge in [0.15, 0.2) is 0 Å². The van der Waals surface area contributed by atoms with E-state index in [0.717, 1.165) is 23.4 Å². The van der Waals surface area contributed by atoms with Gasteiger partial charge in [-0.2, -0.15) is 5.10 Å². The first-order valence-electron chi connectivity index (χ1n) is 8.31. The number of hydrogen-bond donors (Lipinski definition) is 2. The Morgan fingerprint density at radius 3 is 2.76 bits per heavy atom. The molecule has 5 heteroatoms. The van der Waals surface area contributed by atoms with E-state index < -0.39 is 0 Å². The Bertz CT molecular complexity index is 828. The minimum Gasteiger partial charge on any atom is -0.494 e. The van der Waals surface area contributed by atoms with Gasteiger partial charge < -0.3 is 10.1 Å². The molecule has 1 amide bonds. The molecular weight excluding hydrogens is 314 g/mol. The summed E-state index contributed by atoms with van der Waals surface area (Å²) in [5, 5.41) is 9.84. The highest BCUT2D eigenvalue weighted by atomic mass is 16.5. The number of nitrogens with zero attached hydrogens (tertiary/aromatic N) is 1. The molecule has 3 rings (SSSR count). The molecule has 0 bridgehead atoms. The standard InChI is InChI=1S/C20H21N3O2/c1-15-7-5-10-17(13-15)25-12-6-11-21-20(24)19-14-18(22-23-19)16-8-3-2-4-9-16/h2-5,7-10,13-14H,6,11-12H2,1H3,(H,21,24)(H,22,23). The second-order valence-corrected chi connectivity index (χ2v) is 5.81. The smallest absolute Gasteiger partial charge is 0.269 e. The summed E-state index contributed by atoms with van der Waals surface area (Å²) in [6.45, 7) is 3.13. The van der Waals surface area contributed by atoms with E-state index in [1.54, 1.807) is 6.07 Å². The van der Waals surface area contributed by atoms with E-state index in [4.69, 9.17) is 4.74 Å². The van der Waals surface area contributed by atoms with Crippen LogP contribution in [0, 0.1) is 6.92 Å². The third-order valence-electron chi connectivity index (χ3n) is 3.76. The lowest BCUT2D eigenvalue weighted by Crippen LogP contribution is -2.25. The number of benzene rings is 2. The van der Waals surface area contributed by atoms with Crippen molar-refractivity contribution in [1.82, 2.24) is 15.5 Å². The van der Waals surface area contributed by atoms with E-state index in [-0.39, 0.29) is 5.91 Å². The number of aryl methyl sites for hydroxylation is 1. The molecule has 0 aliphatic heterocycles. The van der Waals surface area contributed by atoms with Crippen LogP contribution in [0.25, 0.3) is 11.3 Å². The number of H-pyrrole nitrogens is 1. The van der Waals surface area contributed by atoms with Gasteiger partial charge in [-0.25, -0.2) is 0 Å². The van der Waals surface area contributed by atoms with Gasteiger partial charge in [-0.1, -0.05) is 42.5 Å². The highest BCUT2D eigenvalue weighted by Gasteiger charge is 2.10. The van der Waals surface area contributed by atoms with Crippen LogP contribution in [0.15, 0.2) is 60.7 Å². The molecule has 0 unspecified atom stereocenters. The van der Waals surface area contributed by atoms with Crippen LogP contribution >= 0.6 is 0 Å². The largest absolute Gasteiger partial charge is 0.494 e. The maximum absolute atomic E-state index is 12.1. The summed E-state index contributed by atoms with van der Waals surface area (Å²) in [5.74, 6) is 0.692. The van der Waals surface area contributed by atoms with Crippen molar-refractivity contribution in [2.24, 2.45) is 0 Å². The molecule has 0 aliphatic rings. The van der Waals surface area contributed by atoms with Gasteiger partial charge in [0.05, 0.1) is 12.3 Å². The molecule has 0 aliphatic carbocycles. The van der Waals surface area contributed by atoms with Crippen molar-refractivity contribution in [3.63, 3.8) is 0 Å². The van der Waals surface area contributed by atoms with E-state index in [1.165, 1.54) is 5.56 Å². The van der Waals surface area contributed by atoms with Gasteiger partial charge in [0, 0.05) is 12.1 Å². The van der Waals surface area contributed by atoms with Crippen LogP contribution in [0.4, 0.5) is 0 Å². The van der Waals surface area contributed by atoms with Gasteiger partial charge in [-0.05, 0) is 37.1 Å². The zero-order chi connectivity index (χ0) is 17.5. The van der Waals surface area contributed by atoms with Crippen molar-refractivity contribution in [2.75, 3.05) is 13.2 Å². The first-order valence-corrected chi connectivity index (χ1v) is 8.31. The maximum atomic E-state index is 12.1. The van der Waals surface area contributed by atoms with Crippen molar-refractivity contribution in [2.45, 2.75) is 13.3 Å². The van der Waals surface area contributed by atoms with E-state index in [2.05, 4.69) is 15.5 Å². The number of hydrogen-bond acceptors (Lipinski definition) is 3. The Hall–Kier alpha value is -3.08. The fraction of sp³-hybridized carbons (Fsp3) is 0.200. The van der Waals surface area contributed by atoms with Crippen LogP contribution < -0.4 is 10.1 Å². The van der Waals surface area contributed by atoms with Gasteiger partial charge >= 0.3 is 0 Å². The summed E-state index contributed by atoms with van der Waals surface area (Å²) < 4.78 is 5.66. The molecule has 25 heavy (non-hydrogen) atoms. The lowest BCUT2D eigenvalue weighted by molar-refractivity contribution is 0.0946. The predicted molar refractivity (Wildman–Crippen MR) is 97.6 cm³/mol. The molecule has 5 nitrogen and oxygen atoms in total. The number of amides is 1. The fourth-order valence-corrected chi connectivity index (χ4v) is 2.46. The molecule has 0 radical (unpaired) electrons. The van der Waals surface area contributed by atoms with Crippen LogP contribution in [0.2, 0.25) is 0 Å². The quantitative estimate of drug-likeness (QED) is 0.649. The van der Waals surface area contributed by atoms with Gasteiger partial charge in [-0.15, -0.1) is 0 Å². The zero-order valence-electron chi connectivity index (χ0n) is 14.2. The summed E-state index contributed by atoms with van der Waals surface area (Å²) in [6, 6.07) is 19.4. The monoisotopic (exact) mass is 335 g/mol. The third-order valence-corrected chi connectivity index (χ3v) is 3.76. The lowest BCUT2D eigenvalue weighted by atomic mass is 10.1. The molecular formula is C20H21N3O2.